The summed E-state index contributed by atoms with van der Waals surface area (Å²) in [6, 6.07) is -0.0559. The lowest BCUT2D eigenvalue weighted by Gasteiger charge is -2.30. The molecule has 1 aliphatic rings. The first-order valence-electron chi connectivity index (χ1n) is 6.37. The van der Waals surface area contributed by atoms with Gasteiger partial charge >= 0.3 is 12.0 Å². The molecule has 0 aromatic rings. The second-order valence-corrected chi connectivity index (χ2v) is 4.77. The van der Waals surface area contributed by atoms with Gasteiger partial charge in [0, 0.05) is 31.8 Å². The van der Waals surface area contributed by atoms with Gasteiger partial charge in [-0.25, -0.2) is 4.79 Å². The molecule has 0 aliphatic carbocycles. The highest BCUT2D eigenvalue weighted by Crippen LogP contribution is 2.08. The molecule has 6 heteroatoms. The van der Waals surface area contributed by atoms with E-state index in [0.29, 0.717) is 13.2 Å². The number of nitrogens with zero attached hydrogens (tertiary/aromatic N) is 1. The Hall–Kier alpha value is -1.30. The van der Waals surface area contributed by atoms with Crippen LogP contribution in [0.15, 0.2) is 0 Å². The minimum absolute atomic E-state index is 0.0100. The summed E-state index contributed by atoms with van der Waals surface area (Å²) in [6.07, 6.45) is 1.60. The molecule has 6 nitrogen and oxygen atoms in total. The van der Waals surface area contributed by atoms with Crippen molar-refractivity contribution in [3.05, 3.63) is 0 Å². The Morgan fingerprint density at radius 3 is 2.50 bits per heavy atom. The van der Waals surface area contributed by atoms with Crippen LogP contribution in [0.25, 0.3) is 0 Å². The summed E-state index contributed by atoms with van der Waals surface area (Å²) < 4.78 is 5.23. The summed E-state index contributed by atoms with van der Waals surface area (Å²) in [4.78, 5) is 24.2. The first-order chi connectivity index (χ1) is 8.50. The molecule has 1 rings (SSSR count). The number of carboxylic acid groups (broad SMARTS) is 1. The van der Waals surface area contributed by atoms with Crippen LogP contribution in [0.4, 0.5) is 4.79 Å². The van der Waals surface area contributed by atoms with Gasteiger partial charge in [0.15, 0.2) is 0 Å². The van der Waals surface area contributed by atoms with Crippen LogP contribution >= 0.6 is 0 Å². The first kappa shape index (κ1) is 14.8. The summed E-state index contributed by atoms with van der Waals surface area (Å²) in [6.45, 7) is 5.34. The van der Waals surface area contributed by atoms with Crippen molar-refractivity contribution < 1.29 is 19.4 Å². The predicted molar refractivity (Wildman–Crippen MR) is 66.5 cm³/mol. The van der Waals surface area contributed by atoms with Crippen LogP contribution in [0, 0.1) is 0 Å². The number of ether oxygens (including phenoxy) is 1. The van der Waals surface area contributed by atoms with Crippen molar-refractivity contribution in [2.45, 2.75) is 45.2 Å². The maximum absolute atomic E-state index is 12.0. The van der Waals surface area contributed by atoms with E-state index >= 15 is 0 Å². The number of nitrogens with one attached hydrogen (secondary N) is 1. The van der Waals surface area contributed by atoms with Crippen LogP contribution < -0.4 is 5.32 Å². The fraction of sp³-hybridized carbons (Fsp3) is 0.833. The van der Waals surface area contributed by atoms with Crippen molar-refractivity contribution in [3.63, 3.8) is 0 Å². The zero-order chi connectivity index (χ0) is 13.5. The molecule has 0 radical (unpaired) electrons. The molecule has 0 aromatic carbocycles. The van der Waals surface area contributed by atoms with Crippen LogP contribution in [0.2, 0.25) is 0 Å². The molecular formula is C12H22N2O4. The van der Waals surface area contributed by atoms with Crippen molar-refractivity contribution in [2.24, 2.45) is 0 Å². The van der Waals surface area contributed by atoms with Gasteiger partial charge in [-0.3, -0.25) is 4.79 Å². The molecule has 2 amide bonds. The molecule has 0 saturated carbocycles. The molecule has 1 saturated heterocycles. The van der Waals surface area contributed by atoms with Gasteiger partial charge in [-0.15, -0.1) is 0 Å². The number of hydrogen-bond donors (Lipinski definition) is 2. The number of amides is 2. The lowest BCUT2D eigenvalue weighted by molar-refractivity contribution is -0.137. The van der Waals surface area contributed by atoms with E-state index in [1.165, 1.54) is 0 Å². The molecule has 1 fully saturated rings. The lowest BCUT2D eigenvalue weighted by Crippen LogP contribution is -2.49. The quantitative estimate of drug-likeness (QED) is 0.773. The Morgan fingerprint density at radius 2 is 2.00 bits per heavy atom. The Bertz CT molecular complexity index is 288. The highest BCUT2D eigenvalue weighted by atomic mass is 16.5. The minimum atomic E-state index is -0.889. The van der Waals surface area contributed by atoms with Gasteiger partial charge in [0.1, 0.15) is 0 Å². The van der Waals surface area contributed by atoms with E-state index < -0.39 is 5.97 Å². The standard InChI is InChI=1S/C12H22N2O4/c1-9(2)14(6-3-11(15)16)12(17)13-10-4-7-18-8-5-10/h9-10H,3-8H2,1-2H3,(H,13,17)(H,15,16). The second kappa shape index (κ2) is 7.20. The van der Waals surface area contributed by atoms with Crippen molar-refractivity contribution in [1.82, 2.24) is 10.2 Å². The molecule has 104 valence electrons. The molecule has 0 aromatic heterocycles. The molecule has 2 N–H and O–H groups in total. The molecule has 1 heterocycles. The second-order valence-electron chi connectivity index (χ2n) is 4.77. The normalized spacial score (nSPS) is 16.6. The van der Waals surface area contributed by atoms with Gasteiger partial charge in [0.25, 0.3) is 0 Å². The summed E-state index contributed by atoms with van der Waals surface area (Å²) in [7, 11) is 0. The molecule has 18 heavy (non-hydrogen) atoms. The first-order valence-corrected chi connectivity index (χ1v) is 6.37. The molecule has 0 atom stereocenters. The van der Waals surface area contributed by atoms with Crippen LogP contribution in [0.3, 0.4) is 0 Å². The summed E-state index contributed by atoms with van der Waals surface area (Å²) in [5, 5.41) is 11.6. The third-order valence-corrected chi connectivity index (χ3v) is 3.00. The van der Waals surface area contributed by atoms with Crippen LogP contribution in [-0.2, 0) is 9.53 Å². The third kappa shape index (κ3) is 4.91. The van der Waals surface area contributed by atoms with E-state index in [9.17, 15) is 9.59 Å². The topological polar surface area (TPSA) is 78.9 Å². The molecular weight excluding hydrogens is 236 g/mol. The Labute approximate surface area is 107 Å². The molecule has 0 spiro atoms. The number of hydrogen-bond acceptors (Lipinski definition) is 3. The number of rotatable bonds is 5. The number of carbonyl (C=O) groups is 2. The average molecular weight is 258 g/mol. The maximum atomic E-state index is 12.0. The van der Waals surface area contributed by atoms with Crippen molar-refractivity contribution >= 4 is 12.0 Å². The van der Waals surface area contributed by atoms with Crippen molar-refractivity contribution in [1.29, 1.82) is 0 Å². The molecule has 0 bridgehead atoms. The summed E-state index contributed by atoms with van der Waals surface area (Å²) >= 11 is 0. The van der Waals surface area contributed by atoms with Gasteiger partial charge in [-0.05, 0) is 26.7 Å². The van der Waals surface area contributed by atoms with Gasteiger partial charge in [0.05, 0.1) is 6.42 Å². The monoisotopic (exact) mass is 258 g/mol. The zero-order valence-corrected chi connectivity index (χ0v) is 11.0. The molecule has 1 aliphatic heterocycles. The smallest absolute Gasteiger partial charge is 0.317 e. The fourth-order valence-corrected chi connectivity index (χ4v) is 1.91. The number of urea groups is 1. The van der Waals surface area contributed by atoms with E-state index in [-0.39, 0.29) is 31.1 Å². The Morgan fingerprint density at radius 1 is 1.39 bits per heavy atom. The van der Waals surface area contributed by atoms with E-state index in [2.05, 4.69) is 5.32 Å². The van der Waals surface area contributed by atoms with Crippen LogP contribution in [-0.4, -0.2) is 53.8 Å². The van der Waals surface area contributed by atoms with Crippen molar-refractivity contribution in [3.8, 4) is 0 Å². The van der Waals surface area contributed by atoms with Gasteiger partial charge < -0.3 is 20.1 Å². The Balaban J connectivity index is 2.45. The molecule has 0 unspecified atom stereocenters. The van der Waals surface area contributed by atoms with Gasteiger partial charge in [0.2, 0.25) is 0 Å². The average Bonchev–Trinajstić information content (AvgIpc) is 2.29. The van der Waals surface area contributed by atoms with Gasteiger partial charge in [-0.2, -0.15) is 0 Å². The summed E-state index contributed by atoms with van der Waals surface area (Å²) in [5.74, 6) is -0.889. The highest BCUT2D eigenvalue weighted by molar-refractivity contribution is 5.75. The number of carbonyl (C=O) groups excluding carboxylic acids is 1. The van der Waals surface area contributed by atoms with Crippen LogP contribution in [0.1, 0.15) is 33.1 Å². The fourth-order valence-electron chi connectivity index (χ4n) is 1.91. The van der Waals surface area contributed by atoms with E-state index in [1.807, 2.05) is 13.8 Å². The lowest BCUT2D eigenvalue weighted by atomic mass is 10.1. The zero-order valence-electron chi connectivity index (χ0n) is 11.0. The summed E-state index contributed by atoms with van der Waals surface area (Å²) in [5.41, 5.74) is 0. The number of aliphatic carboxylic acids is 1. The Kier molecular flexibility index (Phi) is 5.91. The third-order valence-electron chi connectivity index (χ3n) is 3.00. The van der Waals surface area contributed by atoms with Crippen molar-refractivity contribution in [2.75, 3.05) is 19.8 Å². The predicted octanol–water partition coefficient (Wildman–Crippen LogP) is 1.06. The minimum Gasteiger partial charge on any atom is -0.481 e. The van der Waals surface area contributed by atoms with Gasteiger partial charge in [-0.1, -0.05) is 0 Å². The van der Waals surface area contributed by atoms with E-state index in [4.69, 9.17) is 9.84 Å². The maximum Gasteiger partial charge on any atom is 0.317 e. The highest BCUT2D eigenvalue weighted by Gasteiger charge is 2.22. The van der Waals surface area contributed by atoms with Crippen LogP contribution in [0.5, 0.6) is 0 Å². The largest absolute Gasteiger partial charge is 0.481 e. The van der Waals surface area contributed by atoms with E-state index in [0.717, 1.165) is 12.8 Å². The SMILES string of the molecule is CC(C)N(CCC(=O)O)C(=O)NC1CCOCC1. The van der Waals surface area contributed by atoms with E-state index in [1.54, 1.807) is 4.90 Å². The number of carboxylic acids is 1.